The van der Waals surface area contributed by atoms with Crippen molar-refractivity contribution in [3.05, 3.63) is 104 Å². The number of alkyl halides is 1. The van der Waals surface area contributed by atoms with E-state index in [0.717, 1.165) is 5.33 Å². The number of benzene rings is 3. The summed E-state index contributed by atoms with van der Waals surface area (Å²) in [4.78, 5) is 0. The molecule has 0 amide bonds. The topological polar surface area (TPSA) is 0 Å². The lowest BCUT2D eigenvalue weighted by atomic mass is 10.4. The van der Waals surface area contributed by atoms with Crippen molar-refractivity contribution in [2.45, 2.75) is 0 Å². The Morgan fingerprint density at radius 2 is 0.913 bits per heavy atom. The Morgan fingerprint density at radius 3 is 1.13 bits per heavy atom. The van der Waals surface area contributed by atoms with Crippen LogP contribution in [-0.4, -0.2) is 5.33 Å². The van der Waals surface area contributed by atoms with Crippen molar-refractivity contribution in [2.24, 2.45) is 0 Å². The van der Waals surface area contributed by atoms with Crippen molar-refractivity contribution in [3.63, 3.8) is 0 Å². The van der Waals surface area contributed by atoms with Gasteiger partial charge in [0.25, 0.3) is 0 Å². The summed E-state index contributed by atoms with van der Waals surface area (Å²) in [6.45, 7) is 3.43. The Balaban J connectivity index is 0.000000433. The van der Waals surface area contributed by atoms with E-state index in [1.54, 1.807) is 6.08 Å². The van der Waals surface area contributed by atoms with E-state index in [4.69, 9.17) is 0 Å². The molecule has 0 N–H and O–H groups in total. The second-order valence-corrected chi connectivity index (χ2v) is 7.65. The van der Waals surface area contributed by atoms with Crippen LogP contribution in [0.2, 0.25) is 0 Å². The van der Waals surface area contributed by atoms with Crippen LogP contribution in [0.5, 0.6) is 0 Å². The highest BCUT2D eigenvalue weighted by Crippen LogP contribution is 2.32. The number of hydrogen-bond donors (Lipinski definition) is 0. The Bertz CT molecular complexity index is 587. The summed E-state index contributed by atoms with van der Waals surface area (Å²) in [7, 11) is -0.446. The van der Waals surface area contributed by atoms with Crippen molar-refractivity contribution in [2.75, 3.05) is 5.33 Å². The summed E-state index contributed by atoms with van der Waals surface area (Å²) in [5.41, 5.74) is 0. The van der Waals surface area contributed by atoms with Gasteiger partial charge in [-0.25, -0.2) is 0 Å². The van der Waals surface area contributed by atoms with Crippen LogP contribution in [0, 0.1) is 0 Å². The van der Waals surface area contributed by atoms with Gasteiger partial charge in [0, 0.05) is 5.33 Å². The van der Waals surface area contributed by atoms with Gasteiger partial charge in [-0.3, -0.25) is 0 Å². The molecule has 3 aromatic carbocycles. The first kappa shape index (κ1) is 17.7. The Labute approximate surface area is 148 Å². The van der Waals surface area contributed by atoms with Gasteiger partial charge in [0.15, 0.2) is 0 Å². The summed E-state index contributed by atoms with van der Waals surface area (Å²) in [5.74, 6) is 0. The zero-order valence-corrected chi connectivity index (χ0v) is 15.5. The van der Waals surface area contributed by atoms with E-state index in [0.29, 0.717) is 0 Å². The maximum atomic E-state index is 3.43. The predicted octanol–water partition coefficient (Wildman–Crippen LogP) is 5.01. The average Bonchev–Trinajstić information content (AvgIpc) is 2.65. The van der Waals surface area contributed by atoms with Crippen LogP contribution in [0.15, 0.2) is 104 Å². The van der Waals surface area contributed by atoms with Crippen molar-refractivity contribution in [1.29, 1.82) is 0 Å². The Morgan fingerprint density at radius 1 is 0.652 bits per heavy atom. The van der Waals surface area contributed by atoms with Gasteiger partial charge in [0.2, 0.25) is 0 Å². The summed E-state index contributed by atoms with van der Waals surface area (Å²) < 4.78 is 0. The maximum Gasteiger partial charge on any atom is 0.0209 e. The highest BCUT2D eigenvalue weighted by atomic mass is 79.9. The van der Waals surface area contributed by atoms with Gasteiger partial charge < -0.3 is 0 Å². The fourth-order valence-corrected chi connectivity index (χ4v) is 4.48. The van der Waals surface area contributed by atoms with Crippen molar-refractivity contribution < 1.29 is 0 Å². The van der Waals surface area contributed by atoms with Gasteiger partial charge in [-0.15, -0.1) is 6.58 Å². The van der Waals surface area contributed by atoms with Gasteiger partial charge in [0.1, 0.15) is 0 Å². The van der Waals surface area contributed by atoms with Gasteiger partial charge in [-0.05, 0) is 23.8 Å². The monoisotopic (exact) mass is 382 g/mol. The van der Waals surface area contributed by atoms with Crippen LogP contribution in [0.25, 0.3) is 0 Å². The molecule has 0 heterocycles. The van der Waals surface area contributed by atoms with Gasteiger partial charge in [-0.1, -0.05) is 113 Å². The zero-order chi connectivity index (χ0) is 16.3. The molecular weight excluding hydrogens is 363 g/mol. The number of halogens is 1. The summed E-state index contributed by atoms with van der Waals surface area (Å²) in [6.07, 6.45) is 1.79. The average molecular weight is 383 g/mol. The SMILES string of the molecule is C=CCBr.c1ccc(P(c2ccccc2)c2ccccc2)cc1. The molecule has 0 unspecified atom stereocenters. The van der Waals surface area contributed by atoms with Crippen LogP contribution >= 0.6 is 23.9 Å². The molecule has 116 valence electrons. The number of rotatable bonds is 4. The molecule has 0 aliphatic rings. The molecule has 0 atom stereocenters. The van der Waals surface area contributed by atoms with E-state index in [-0.39, 0.29) is 0 Å². The minimum absolute atomic E-state index is 0.446. The lowest BCUT2D eigenvalue weighted by molar-refractivity contribution is 1.74. The third-order valence-corrected chi connectivity index (χ3v) is 6.05. The Hall–Kier alpha value is -1.69. The smallest absolute Gasteiger partial charge is 0.0209 e. The van der Waals surface area contributed by atoms with E-state index >= 15 is 0 Å². The molecule has 0 aliphatic carbocycles. The quantitative estimate of drug-likeness (QED) is 0.338. The fraction of sp³-hybridized carbons (Fsp3) is 0.0476. The number of allylic oxidation sites excluding steroid dienone is 1. The number of hydrogen-bond acceptors (Lipinski definition) is 0. The predicted molar refractivity (Wildman–Crippen MR) is 109 cm³/mol. The van der Waals surface area contributed by atoms with E-state index in [1.807, 2.05) is 0 Å². The summed E-state index contributed by atoms with van der Waals surface area (Å²) in [5, 5.41) is 5.09. The standard InChI is InChI=1S/C18H15P.C3H5Br/c1-4-10-16(11-5-1)19(17-12-6-2-7-13-17)18-14-8-3-9-15-18;1-2-3-4/h1-15H;2H,1,3H2. The largest absolute Gasteiger partial charge is 0.102 e. The molecule has 0 nitrogen and oxygen atoms in total. The highest BCUT2D eigenvalue weighted by Gasteiger charge is 2.14. The zero-order valence-electron chi connectivity index (χ0n) is 13.0. The van der Waals surface area contributed by atoms with E-state index in [9.17, 15) is 0 Å². The molecule has 0 fully saturated rings. The van der Waals surface area contributed by atoms with Crippen LogP contribution < -0.4 is 15.9 Å². The van der Waals surface area contributed by atoms with Crippen LogP contribution in [-0.2, 0) is 0 Å². The van der Waals surface area contributed by atoms with E-state index in [2.05, 4.69) is 114 Å². The lowest BCUT2D eigenvalue weighted by Gasteiger charge is -2.18. The molecule has 23 heavy (non-hydrogen) atoms. The van der Waals surface area contributed by atoms with Crippen molar-refractivity contribution in [3.8, 4) is 0 Å². The van der Waals surface area contributed by atoms with Gasteiger partial charge in [0.05, 0.1) is 0 Å². The molecule has 0 radical (unpaired) electrons. The molecule has 0 aliphatic heterocycles. The normalized spacial score (nSPS) is 9.83. The molecular formula is C21H20BrP. The molecule has 0 spiro atoms. The van der Waals surface area contributed by atoms with Crippen molar-refractivity contribution >= 4 is 39.8 Å². The maximum absolute atomic E-state index is 3.43. The lowest BCUT2D eigenvalue weighted by Crippen LogP contribution is -2.20. The minimum atomic E-state index is -0.446. The van der Waals surface area contributed by atoms with Gasteiger partial charge in [-0.2, -0.15) is 0 Å². The van der Waals surface area contributed by atoms with Crippen LogP contribution in [0.4, 0.5) is 0 Å². The highest BCUT2D eigenvalue weighted by molar-refractivity contribution is 9.09. The second-order valence-electron chi connectivity index (χ2n) is 4.79. The van der Waals surface area contributed by atoms with E-state index < -0.39 is 7.92 Å². The third-order valence-electron chi connectivity index (χ3n) is 3.15. The minimum Gasteiger partial charge on any atom is -0.102 e. The summed E-state index contributed by atoms with van der Waals surface area (Å²) in [6, 6.07) is 32.3. The molecule has 0 saturated carbocycles. The summed E-state index contributed by atoms with van der Waals surface area (Å²) >= 11 is 3.13. The van der Waals surface area contributed by atoms with Crippen LogP contribution in [0.1, 0.15) is 0 Å². The first-order valence-electron chi connectivity index (χ1n) is 7.49. The fourth-order valence-electron chi connectivity index (χ4n) is 2.18. The molecule has 0 bridgehead atoms. The molecule has 3 rings (SSSR count). The third kappa shape index (κ3) is 5.46. The Kier molecular flexibility index (Phi) is 7.80. The molecule has 2 heteroatoms. The molecule has 3 aromatic rings. The molecule has 0 aromatic heterocycles. The molecule has 0 saturated heterocycles. The first-order chi connectivity index (χ1) is 11.4. The van der Waals surface area contributed by atoms with Crippen LogP contribution in [0.3, 0.4) is 0 Å². The first-order valence-corrected chi connectivity index (χ1v) is 9.95. The van der Waals surface area contributed by atoms with Gasteiger partial charge >= 0.3 is 0 Å². The van der Waals surface area contributed by atoms with Crippen molar-refractivity contribution in [1.82, 2.24) is 0 Å². The van der Waals surface area contributed by atoms with E-state index in [1.165, 1.54) is 15.9 Å². The second kappa shape index (κ2) is 10.2.